The first-order valence-corrected chi connectivity index (χ1v) is 7.68. The Balaban J connectivity index is 2.54. The molecule has 0 aliphatic heterocycles. The number of hydrogen-bond donors (Lipinski definition) is 1. The molecule has 2 nitrogen and oxygen atoms in total. The maximum atomic E-state index is 6.33. The van der Waals surface area contributed by atoms with Gasteiger partial charge in [0, 0.05) is 11.6 Å². The Morgan fingerprint density at radius 2 is 1.84 bits per heavy atom. The van der Waals surface area contributed by atoms with Gasteiger partial charge in [-0.25, -0.2) is 0 Å². The van der Waals surface area contributed by atoms with E-state index in [2.05, 4.69) is 26.0 Å². The molecule has 1 aromatic rings. The highest BCUT2D eigenvalue weighted by Gasteiger charge is 2.12. The van der Waals surface area contributed by atoms with Crippen molar-refractivity contribution in [3.05, 3.63) is 29.3 Å². The molecular formula is C17H29NO. The van der Waals surface area contributed by atoms with E-state index in [1.54, 1.807) is 0 Å². The Morgan fingerprint density at radius 3 is 2.53 bits per heavy atom. The van der Waals surface area contributed by atoms with Crippen LogP contribution in [0.4, 0.5) is 0 Å². The smallest absolute Gasteiger partial charge is 0.124 e. The van der Waals surface area contributed by atoms with Gasteiger partial charge in [-0.1, -0.05) is 56.7 Å². The fraction of sp³-hybridized carbons (Fsp3) is 0.647. The molecule has 0 aliphatic carbocycles. The highest BCUT2D eigenvalue weighted by atomic mass is 16.5. The third-order valence-electron chi connectivity index (χ3n) is 3.48. The molecule has 1 aromatic carbocycles. The molecule has 108 valence electrons. The summed E-state index contributed by atoms with van der Waals surface area (Å²) in [6.07, 6.45) is 7.50. The summed E-state index contributed by atoms with van der Waals surface area (Å²) in [4.78, 5) is 0. The van der Waals surface area contributed by atoms with Crippen LogP contribution in [0.1, 0.15) is 69.5 Å². The van der Waals surface area contributed by atoms with Crippen LogP contribution >= 0.6 is 0 Å². The van der Waals surface area contributed by atoms with Gasteiger partial charge in [-0.2, -0.15) is 0 Å². The summed E-state index contributed by atoms with van der Waals surface area (Å²) in [7, 11) is 0. The Bertz CT molecular complexity index is 362. The Morgan fingerprint density at radius 1 is 1.11 bits per heavy atom. The van der Waals surface area contributed by atoms with E-state index in [-0.39, 0.29) is 6.04 Å². The summed E-state index contributed by atoms with van der Waals surface area (Å²) in [5.74, 6) is 0.953. The van der Waals surface area contributed by atoms with Crippen molar-refractivity contribution >= 4 is 0 Å². The minimum Gasteiger partial charge on any atom is -0.494 e. The average molecular weight is 263 g/mol. The van der Waals surface area contributed by atoms with Crippen LogP contribution in [0, 0.1) is 6.92 Å². The zero-order valence-corrected chi connectivity index (χ0v) is 12.7. The van der Waals surface area contributed by atoms with Crippen molar-refractivity contribution in [2.24, 2.45) is 5.73 Å². The van der Waals surface area contributed by atoms with Crippen molar-refractivity contribution in [1.82, 2.24) is 0 Å². The van der Waals surface area contributed by atoms with Gasteiger partial charge in [0.05, 0.1) is 6.61 Å². The van der Waals surface area contributed by atoms with Gasteiger partial charge < -0.3 is 10.5 Å². The lowest BCUT2D eigenvalue weighted by Gasteiger charge is -2.17. The van der Waals surface area contributed by atoms with Crippen LogP contribution in [0.2, 0.25) is 0 Å². The summed E-state index contributed by atoms with van der Waals surface area (Å²) in [6.45, 7) is 7.05. The van der Waals surface area contributed by atoms with Gasteiger partial charge in [0.25, 0.3) is 0 Å². The van der Waals surface area contributed by atoms with E-state index in [4.69, 9.17) is 10.5 Å². The van der Waals surface area contributed by atoms with Gasteiger partial charge in [0.15, 0.2) is 0 Å². The van der Waals surface area contributed by atoms with Gasteiger partial charge >= 0.3 is 0 Å². The molecule has 0 bridgehead atoms. The summed E-state index contributed by atoms with van der Waals surface area (Å²) in [5.41, 5.74) is 8.74. The molecule has 0 amide bonds. The third kappa shape index (κ3) is 5.65. The Labute approximate surface area is 118 Å². The monoisotopic (exact) mass is 263 g/mol. The van der Waals surface area contributed by atoms with Crippen molar-refractivity contribution in [1.29, 1.82) is 0 Å². The van der Waals surface area contributed by atoms with E-state index >= 15 is 0 Å². The molecule has 2 N–H and O–H groups in total. The third-order valence-corrected chi connectivity index (χ3v) is 3.48. The zero-order valence-electron chi connectivity index (χ0n) is 12.7. The number of unbranched alkanes of at least 4 members (excludes halogenated alkanes) is 4. The highest BCUT2D eigenvalue weighted by molar-refractivity contribution is 5.39. The van der Waals surface area contributed by atoms with E-state index in [0.717, 1.165) is 17.7 Å². The number of rotatable bonds is 9. The summed E-state index contributed by atoms with van der Waals surface area (Å²) < 4.78 is 5.68. The van der Waals surface area contributed by atoms with Crippen LogP contribution in [0.3, 0.4) is 0 Å². The lowest BCUT2D eigenvalue weighted by atomic mass is 9.98. The molecule has 0 radical (unpaired) electrons. The summed E-state index contributed by atoms with van der Waals surface area (Å²) in [6, 6.07) is 6.40. The molecule has 0 saturated carbocycles. The standard InChI is InChI=1S/C17H29NO/c1-4-6-7-8-9-10-16(18)15-13-14(3)11-12-17(15)19-5-2/h11-13,16H,4-10,18H2,1-3H3. The fourth-order valence-corrected chi connectivity index (χ4v) is 2.37. The van der Waals surface area contributed by atoms with Crippen molar-refractivity contribution in [3.63, 3.8) is 0 Å². The second kappa shape index (κ2) is 8.98. The van der Waals surface area contributed by atoms with Gasteiger partial charge in [-0.3, -0.25) is 0 Å². The first-order valence-electron chi connectivity index (χ1n) is 7.68. The van der Waals surface area contributed by atoms with Crippen LogP contribution in [-0.4, -0.2) is 6.61 Å². The molecule has 19 heavy (non-hydrogen) atoms. The molecule has 0 saturated heterocycles. The molecule has 0 heterocycles. The second-order valence-corrected chi connectivity index (χ2v) is 5.28. The number of nitrogens with two attached hydrogens (primary N) is 1. The second-order valence-electron chi connectivity index (χ2n) is 5.28. The Hall–Kier alpha value is -1.02. The van der Waals surface area contributed by atoms with Gasteiger partial charge in [-0.15, -0.1) is 0 Å². The van der Waals surface area contributed by atoms with Crippen LogP contribution in [-0.2, 0) is 0 Å². The van der Waals surface area contributed by atoms with Gasteiger partial charge in [-0.05, 0) is 26.3 Å². The van der Waals surface area contributed by atoms with Crippen molar-refractivity contribution in [2.75, 3.05) is 6.61 Å². The van der Waals surface area contributed by atoms with Crippen LogP contribution in [0.5, 0.6) is 5.75 Å². The van der Waals surface area contributed by atoms with Gasteiger partial charge in [0.2, 0.25) is 0 Å². The Kier molecular flexibility index (Phi) is 7.57. The molecule has 1 unspecified atom stereocenters. The molecular weight excluding hydrogens is 234 g/mol. The normalized spacial score (nSPS) is 12.4. The van der Waals surface area contributed by atoms with Crippen molar-refractivity contribution < 1.29 is 4.74 Å². The number of hydrogen-bond acceptors (Lipinski definition) is 2. The first-order chi connectivity index (χ1) is 9.19. The molecule has 1 atom stereocenters. The quantitative estimate of drug-likeness (QED) is 0.652. The number of benzene rings is 1. The molecule has 1 rings (SSSR count). The van der Waals surface area contributed by atoms with Crippen LogP contribution in [0.15, 0.2) is 18.2 Å². The zero-order chi connectivity index (χ0) is 14.1. The molecule has 0 aliphatic rings. The van der Waals surface area contributed by atoms with Crippen molar-refractivity contribution in [3.8, 4) is 5.75 Å². The average Bonchev–Trinajstić information content (AvgIpc) is 2.40. The van der Waals surface area contributed by atoms with Crippen LogP contribution < -0.4 is 10.5 Å². The lowest BCUT2D eigenvalue weighted by Crippen LogP contribution is -2.12. The topological polar surface area (TPSA) is 35.2 Å². The van der Waals surface area contributed by atoms with Gasteiger partial charge in [0.1, 0.15) is 5.75 Å². The number of aryl methyl sites for hydroxylation is 1. The van der Waals surface area contributed by atoms with Crippen molar-refractivity contribution in [2.45, 2.75) is 65.3 Å². The predicted molar refractivity (Wildman–Crippen MR) is 82.7 cm³/mol. The van der Waals surface area contributed by atoms with E-state index in [0.29, 0.717) is 6.61 Å². The molecule has 0 aromatic heterocycles. The van der Waals surface area contributed by atoms with E-state index in [1.165, 1.54) is 37.7 Å². The molecule has 2 heteroatoms. The maximum absolute atomic E-state index is 6.33. The van der Waals surface area contributed by atoms with E-state index in [1.807, 2.05) is 13.0 Å². The highest BCUT2D eigenvalue weighted by Crippen LogP contribution is 2.28. The molecule has 0 fully saturated rings. The fourth-order valence-electron chi connectivity index (χ4n) is 2.37. The van der Waals surface area contributed by atoms with E-state index in [9.17, 15) is 0 Å². The minimum atomic E-state index is 0.100. The lowest BCUT2D eigenvalue weighted by molar-refractivity contribution is 0.333. The summed E-state index contributed by atoms with van der Waals surface area (Å²) >= 11 is 0. The first kappa shape index (κ1) is 16.0. The predicted octanol–water partition coefficient (Wildman–Crippen LogP) is 4.75. The maximum Gasteiger partial charge on any atom is 0.124 e. The largest absolute Gasteiger partial charge is 0.494 e. The summed E-state index contributed by atoms with van der Waals surface area (Å²) in [5, 5.41) is 0. The SMILES string of the molecule is CCCCCCCC(N)c1cc(C)ccc1OCC. The number of ether oxygens (including phenoxy) is 1. The van der Waals surface area contributed by atoms with Crippen LogP contribution in [0.25, 0.3) is 0 Å². The van der Waals surface area contributed by atoms with E-state index < -0.39 is 0 Å². The molecule has 0 spiro atoms. The minimum absolute atomic E-state index is 0.100.